The van der Waals surface area contributed by atoms with Crippen LogP contribution in [0.3, 0.4) is 0 Å². The molecule has 2 aliphatic carbocycles. The van der Waals surface area contributed by atoms with Crippen LogP contribution in [0, 0.1) is 5.92 Å². The van der Waals surface area contributed by atoms with E-state index in [1.54, 1.807) is 6.33 Å². The van der Waals surface area contributed by atoms with E-state index in [1.165, 1.54) is 24.2 Å². The Labute approximate surface area is 197 Å². The summed E-state index contributed by atoms with van der Waals surface area (Å²) in [5, 5.41) is 13.8. The number of aliphatic hydroxyl groups excluding tert-OH is 1. The lowest BCUT2D eigenvalue weighted by molar-refractivity contribution is -0.133. The van der Waals surface area contributed by atoms with Gasteiger partial charge in [0.05, 0.1) is 22.1 Å². The molecular formula is C23H30ClN5O2S. The van der Waals surface area contributed by atoms with E-state index >= 15 is 0 Å². The van der Waals surface area contributed by atoms with Gasteiger partial charge in [-0.05, 0) is 49.8 Å². The van der Waals surface area contributed by atoms with E-state index in [-0.39, 0.29) is 17.7 Å². The number of anilines is 1. The Kier molecular flexibility index (Phi) is 6.38. The van der Waals surface area contributed by atoms with E-state index in [0.717, 1.165) is 51.8 Å². The Bertz CT molecular complexity index is 973. The number of hydrogen-bond donors (Lipinski definition) is 2. The van der Waals surface area contributed by atoms with Crippen LogP contribution in [0.2, 0.25) is 4.34 Å². The second-order valence-electron chi connectivity index (χ2n) is 9.26. The SMILES string of the molecule is C[C@@H]1C[C@H](O)c2ncnc(N3CCN(C(=O)[C@H](CNCC4CC4)c4ccc(Cl)s4)CC3)c21. The molecule has 2 fully saturated rings. The first-order valence-electron chi connectivity index (χ1n) is 11.5. The zero-order valence-electron chi connectivity index (χ0n) is 18.3. The van der Waals surface area contributed by atoms with Crippen LogP contribution in [0.1, 0.15) is 60.3 Å². The van der Waals surface area contributed by atoms with Crippen LogP contribution in [-0.4, -0.2) is 65.2 Å². The number of aliphatic hydroxyl groups is 1. The number of hydrogen-bond acceptors (Lipinski definition) is 7. The number of nitrogens with zero attached hydrogens (tertiary/aromatic N) is 4. The fraction of sp³-hybridized carbons (Fsp3) is 0.609. The van der Waals surface area contributed by atoms with E-state index in [2.05, 4.69) is 27.1 Å². The van der Waals surface area contributed by atoms with Crippen LogP contribution in [0.15, 0.2) is 18.5 Å². The molecule has 2 aromatic rings. The highest BCUT2D eigenvalue weighted by atomic mass is 35.5. The number of fused-ring (bicyclic) bond motifs is 1. The van der Waals surface area contributed by atoms with Crippen molar-refractivity contribution in [2.75, 3.05) is 44.2 Å². The molecule has 32 heavy (non-hydrogen) atoms. The van der Waals surface area contributed by atoms with Crippen molar-refractivity contribution in [1.82, 2.24) is 20.2 Å². The molecule has 3 aliphatic rings. The highest BCUT2D eigenvalue weighted by Crippen LogP contribution is 2.43. The second kappa shape index (κ2) is 9.25. The van der Waals surface area contributed by atoms with Crippen molar-refractivity contribution < 1.29 is 9.90 Å². The van der Waals surface area contributed by atoms with Gasteiger partial charge in [-0.1, -0.05) is 18.5 Å². The molecule has 5 rings (SSSR count). The third kappa shape index (κ3) is 4.51. The average molecular weight is 476 g/mol. The molecule has 0 bridgehead atoms. The molecule has 1 saturated heterocycles. The van der Waals surface area contributed by atoms with Crippen molar-refractivity contribution in [3.63, 3.8) is 0 Å². The lowest BCUT2D eigenvalue weighted by atomic mass is 10.0. The standard InChI is InChI=1S/C23H30ClN5O2S/c1-14-10-17(30)21-20(14)22(27-13-26-21)28-6-8-29(9-7-28)23(31)16(12-25-11-15-2-3-15)18-4-5-19(24)32-18/h4-5,13-17,25,30H,2-3,6-12H2,1H3/t14-,16-,17+/m1/s1. The van der Waals surface area contributed by atoms with Gasteiger partial charge in [0.25, 0.3) is 0 Å². The highest BCUT2D eigenvalue weighted by Gasteiger charge is 2.35. The number of amides is 1. The summed E-state index contributed by atoms with van der Waals surface area (Å²) in [6, 6.07) is 3.87. The molecule has 0 spiro atoms. The van der Waals surface area contributed by atoms with Gasteiger partial charge in [0, 0.05) is 43.2 Å². The fourth-order valence-electron chi connectivity index (χ4n) is 4.89. The summed E-state index contributed by atoms with van der Waals surface area (Å²) in [4.78, 5) is 27.6. The average Bonchev–Trinajstić information content (AvgIpc) is 3.46. The van der Waals surface area contributed by atoms with Crippen molar-refractivity contribution >= 4 is 34.7 Å². The summed E-state index contributed by atoms with van der Waals surface area (Å²) in [5.74, 6) is 1.90. The largest absolute Gasteiger partial charge is 0.387 e. The number of piperazine rings is 1. The smallest absolute Gasteiger partial charge is 0.232 e. The van der Waals surface area contributed by atoms with E-state index in [0.29, 0.717) is 26.1 Å². The van der Waals surface area contributed by atoms with Gasteiger partial charge in [0.2, 0.25) is 5.91 Å². The Morgan fingerprint density at radius 2 is 2.06 bits per heavy atom. The van der Waals surface area contributed by atoms with E-state index in [9.17, 15) is 9.90 Å². The minimum absolute atomic E-state index is 0.170. The van der Waals surface area contributed by atoms with E-state index in [1.807, 2.05) is 17.0 Å². The van der Waals surface area contributed by atoms with Crippen LogP contribution >= 0.6 is 22.9 Å². The fourth-order valence-corrected chi connectivity index (χ4v) is 6.05. The topological polar surface area (TPSA) is 81.6 Å². The monoisotopic (exact) mass is 475 g/mol. The predicted molar refractivity (Wildman–Crippen MR) is 126 cm³/mol. The summed E-state index contributed by atoms with van der Waals surface area (Å²) < 4.78 is 0.721. The van der Waals surface area contributed by atoms with Crippen molar-refractivity contribution in [2.45, 2.75) is 44.1 Å². The second-order valence-corrected chi connectivity index (χ2v) is 11.0. The Hall–Kier alpha value is -1.74. The van der Waals surface area contributed by atoms with Gasteiger partial charge >= 0.3 is 0 Å². The minimum atomic E-state index is -0.508. The molecule has 3 heterocycles. The third-order valence-corrected chi connectivity index (χ3v) is 8.23. The number of rotatable bonds is 7. The lowest BCUT2D eigenvalue weighted by Crippen LogP contribution is -2.51. The van der Waals surface area contributed by atoms with Crippen LogP contribution in [0.4, 0.5) is 5.82 Å². The van der Waals surface area contributed by atoms with Crippen LogP contribution in [-0.2, 0) is 4.79 Å². The number of carbonyl (C=O) groups is 1. The molecule has 3 atom stereocenters. The van der Waals surface area contributed by atoms with Gasteiger partial charge < -0.3 is 20.2 Å². The van der Waals surface area contributed by atoms with Crippen LogP contribution in [0.5, 0.6) is 0 Å². The maximum atomic E-state index is 13.5. The van der Waals surface area contributed by atoms with Crippen molar-refractivity contribution in [2.24, 2.45) is 5.92 Å². The highest BCUT2D eigenvalue weighted by molar-refractivity contribution is 7.16. The quantitative estimate of drug-likeness (QED) is 0.640. The summed E-state index contributed by atoms with van der Waals surface area (Å²) in [7, 11) is 0. The number of aromatic nitrogens is 2. The summed E-state index contributed by atoms with van der Waals surface area (Å²) >= 11 is 7.68. The van der Waals surface area contributed by atoms with Crippen LogP contribution < -0.4 is 10.2 Å². The molecule has 1 aliphatic heterocycles. The minimum Gasteiger partial charge on any atom is -0.387 e. The Morgan fingerprint density at radius 1 is 1.28 bits per heavy atom. The van der Waals surface area contributed by atoms with Gasteiger partial charge in [-0.15, -0.1) is 11.3 Å². The molecule has 2 N–H and O–H groups in total. The molecule has 172 valence electrons. The van der Waals surface area contributed by atoms with Gasteiger partial charge in [-0.2, -0.15) is 0 Å². The number of nitrogens with one attached hydrogen (secondary N) is 1. The lowest BCUT2D eigenvalue weighted by Gasteiger charge is -2.37. The van der Waals surface area contributed by atoms with Crippen molar-refractivity contribution in [3.8, 4) is 0 Å². The maximum Gasteiger partial charge on any atom is 0.232 e. The van der Waals surface area contributed by atoms with Gasteiger partial charge in [0.15, 0.2) is 0 Å². The van der Waals surface area contributed by atoms with E-state index in [4.69, 9.17) is 11.6 Å². The number of thiophene rings is 1. The Morgan fingerprint density at radius 3 is 2.75 bits per heavy atom. The van der Waals surface area contributed by atoms with E-state index < -0.39 is 6.10 Å². The predicted octanol–water partition coefficient (Wildman–Crippen LogP) is 3.16. The summed E-state index contributed by atoms with van der Waals surface area (Å²) in [5.41, 5.74) is 1.83. The summed E-state index contributed by atoms with van der Waals surface area (Å²) in [6.07, 6.45) is 4.32. The molecule has 2 aromatic heterocycles. The molecular weight excluding hydrogens is 446 g/mol. The number of halogens is 1. The molecule has 9 heteroatoms. The van der Waals surface area contributed by atoms with Crippen molar-refractivity contribution in [1.29, 1.82) is 0 Å². The number of carbonyl (C=O) groups excluding carboxylic acids is 1. The molecule has 1 saturated carbocycles. The molecule has 1 amide bonds. The van der Waals surface area contributed by atoms with Gasteiger partial charge in [-0.25, -0.2) is 9.97 Å². The zero-order valence-corrected chi connectivity index (χ0v) is 19.9. The van der Waals surface area contributed by atoms with Gasteiger partial charge in [0.1, 0.15) is 12.1 Å². The molecule has 0 radical (unpaired) electrons. The Balaban J connectivity index is 1.26. The molecule has 7 nitrogen and oxygen atoms in total. The first-order valence-corrected chi connectivity index (χ1v) is 12.7. The van der Waals surface area contributed by atoms with Gasteiger partial charge in [-0.3, -0.25) is 4.79 Å². The normalized spacial score (nSPS) is 24.0. The first-order chi connectivity index (χ1) is 15.5. The molecule has 0 unspecified atom stereocenters. The maximum absolute atomic E-state index is 13.5. The summed E-state index contributed by atoms with van der Waals surface area (Å²) in [6.45, 7) is 6.53. The first kappa shape index (κ1) is 22.1. The molecule has 0 aromatic carbocycles. The third-order valence-electron chi connectivity index (χ3n) is 6.88. The van der Waals surface area contributed by atoms with Crippen molar-refractivity contribution in [3.05, 3.63) is 38.9 Å². The zero-order chi connectivity index (χ0) is 22.2. The van der Waals surface area contributed by atoms with Crippen LogP contribution in [0.25, 0.3) is 0 Å².